The van der Waals surface area contributed by atoms with E-state index in [-0.39, 0.29) is 12.1 Å². The van der Waals surface area contributed by atoms with Gasteiger partial charge in [0.25, 0.3) is 0 Å². The maximum absolute atomic E-state index is 11.7. The van der Waals surface area contributed by atoms with E-state index in [9.17, 15) is 4.79 Å². The van der Waals surface area contributed by atoms with Gasteiger partial charge in [-0.25, -0.2) is 4.79 Å². The Hall–Kier alpha value is -1.75. The largest absolute Gasteiger partial charge is 0.497 e. The smallest absolute Gasteiger partial charge is 0.407 e. The summed E-state index contributed by atoms with van der Waals surface area (Å²) in [6.07, 6.45) is 1.66. The van der Waals surface area contributed by atoms with E-state index in [2.05, 4.69) is 23.6 Å². The van der Waals surface area contributed by atoms with Crippen LogP contribution < -0.4 is 15.4 Å². The lowest BCUT2D eigenvalue weighted by Gasteiger charge is -2.22. The highest BCUT2D eigenvalue weighted by molar-refractivity contribution is 5.67. The molecular formula is C18H30N2O3. The summed E-state index contributed by atoms with van der Waals surface area (Å²) in [5.41, 5.74) is 0.681. The van der Waals surface area contributed by atoms with Crippen molar-refractivity contribution in [3.63, 3.8) is 0 Å². The Labute approximate surface area is 139 Å². The van der Waals surface area contributed by atoms with E-state index in [1.165, 1.54) is 0 Å². The van der Waals surface area contributed by atoms with Gasteiger partial charge < -0.3 is 20.1 Å². The van der Waals surface area contributed by atoms with E-state index in [4.69, 9.17) is 9.47 Å². The van der Waals surface area contributed by atoms with Crippen LogP contribution in [0.25, 0.3) is 0 Å². The predicted molar refractivity (Wildman–Crippen MR) is 92.8 cm³/mol. The van der Waals surface area contributed by atoms with E-state index >= 15 is 0 Å². The first kappa shape index (κ1) is 19.3. The monoisotopic (exact) mass is 322 g/mol. The van der Waals surface area contributed by atoms with E-state index < -0.39 is 5.60 Å². The molecule has 0 bridgehead atoms. The molecule has 1 aromatic carbocycles. The number of amides is 1. The SMILES string of the molecule is CCCC(CNC(=O)OC(C)(C)C)NCc1cccc(OC)c1. The summed E-state index contributed by atoms with van der Waals surface area (Å²) >= 11 is 0. The number of rotatable bonds is 8. The van der Waals surface area contributed by atoms with Gasteiger partial charge in [0.2, 0.25) is 0 Å². The second kappa shape index (κ2) is 9.40. The first-order chi connectivity index (χ1) is 10.8. The van der Waals surface area contributed by atoms with Gasteiger partial charge in [0, 0.05) is 19.1 Å². The maximum Gasteiger partial charge on any atom is 0.407 e. The minimum absolute atomic E-state index is 0.207. The summed E-state index contributed by atoms with van der Waals surface area (Å²) in [5, 5.41) is 6.32. The average molecular weight is 322 g/mol. The molecule has 1 rings (SSSR count). The lowest BCUT2D eigenvalue weighted by molar-refractivity contribution is 0.0521. The van der Waals surface area contributed by atoms with Gasteiger partial charge in [-0.3, -0.25) is 0 Å². The highest BCUT2D eigenvalue weighted by Crippen LogP contribution is 2.12. The number of benzene rings is 1. The van der Waals surface area contributed by atoms with Crippen molar-refractivity contribution in [1.82, 2.24) is 10.6 Å². The molecule has 23 heavy (non-hydrogen) atoms. The number of hydrogen-bond donors (Lipinski definition) is 2. The molecule has 0 aromatic heterocycles. The summed E-state index contributed by atoms with van der Waals surface area (Å²) in [6.45, 7) is 8.99. The third-order valence-corrected chi connectivity index (χ3v) is 3.26. The fourth-order valence-electron chi connectivity index (χ4n) is 2.19. The minimum Gasteiger partial charge on any atom is -0.497 e. The molecule has 0 saturated heterocycles. The fraction of sp³-hybridized carbons (Fsp3) is 0.611. The Kier molecular flexibility index (Phi) is 7.89. The Bertz CT molecular complexity index is 483. The van der Waals surface area contributed by atoms with Crippen LogP contribution in [0.1, 0.15) is 46.1 Å². The molecule has 0 radical (unpaired) electrons. The molecule has 5 heteroatoms. The molecule has 0 aliphatic carbocycles. The number of hydrogen-bond acceptors (Lipinski definition) is 4. The second-order valence-corrected chi connectivity index (χ2v) is 6.60. The van der Waals surface area contributed by atoms with Gasteiger partial charge in [0.05, 0.1) is 7.11 Å². The van der Waals surface area contributed by atoms with Crippen molar-refractivity contribution in [2.75, 3.05) is 13.7 Å². The van der Waals surface area contributed by atoms with Gasteiger partial charge in [-0.2, -0.15) is 0 Å². The van der Waals surface area contributed by atoms with Crippen LogP contribution in [0.2, 0.25) is 0 Å². The molecule has 0 spiro atoms. The average Bonchev–Trinajstić information content (AvgIpc) is 2.48. The topological polar surface area (TPSA) is 59.6 Å². The molecule has 0 heterocycles. The Morgan fingerprint density at radius 3 is 2.65 bits per heavy atom. The Morgan fingerprint density at radius 2 is 2.04 bits per heavy atom. The van der Waals surface area contributed by atoms with Gasteiger partial charge >= 0.3 is 6.09 Å². The van der Waals surface area contributed by atoms with Crippen LogP contribution in [0.3, 0.4) is 0 Å². The summed E-state index contributed by atoms with van der Waals surface area (Å²) in [4.78, 5) is 11.7. The maximum atomic E-state index is 11.7. The Morgan fingerprint density at radius 1 is 1.30 bits per heavy atom. The van der Waals surface area contributed by atoms with Gasteiger partial charge in [-0.1, -0.05) is 25.5 Å². The lowest BCUT2D eigenvalue weighted by Crippen LogP contribution is -2.42. The van der Waals surface area contributed by atoms with Crippen molar-refractivity contribution in [2.45, 2.75) is 58.7 Å². The zero-order chi connectivity index (χ0) is 17.3. The van der Waals surface area contributed by atoms with Crippen LogP contribution >= 0.6 is 0 Å². The van der Waals surface area contributed by atoms with Crippen LogP contribution in [-0.4, -0.2) is 31.4 Å². The molecule has 0 aliphatic rings. The van der Waals surface area contributed by atoms with E-state index in [0.717, 1.165) is 30.7 Å². The summed E-state index contributed by atoms with van der Waals surface area (Å²) in [6, 6.07) is 8.18. The molecule has 0 fully saturated rings. The number of methoxy groups -OCH3 is 1. The minimum atomic E-state index is -0.474. The molecule has 5 nitrogen and oxygen atoms in total. The summed E-state index contributed by atoms with van der Waals surface area (Å²) in [5.74, 6) is 0.850. The first-order valence-electron chi connectivity index (χ1n) is 8.17. The van der Waals surface area contributed by atoms with Crippen LogP contribution in [-0.2, 0) is 11.3 Å². The van der Waals surface area contributed by atoms with Crippen molar-refractivity contribution < 1.29 is 14.3 Å². The summed E-state index contributed by atoms with van der Waals surface area (Å²) < 4.78 is 10.5. The third kappa shape index (κ3) is 8.45. The standard InChI is InChI=1S/C18H30N2O3/c1-6-8-15(13-20-17(21)23-18(2,3)4)19-12-14-9-7-10-16(11-14)22-5/h7,9-11,15,19H,6,8,12-13H2,1-5H3,(H,20,21). The zero-order valence-corrected chi connectivity index (χ0v) is 14.9. The van der Waals surface area contributed by atoms with Crippen LogP contribution in [0.5, 0.6) is 5.75 Å². The fourth-order valence-corrected chi connectivity index (χ4v) is 2.19. The van der Waals surface area contributed by atoms with Gasteiger partial charge in [-0.05, 0) is 44.9 Å². The highest BCUT2D eigenvalue weighted by atomic mass is 16.6. The van der Waals surface area contributed by atoms with Crippen LogP contribution in [0.15, 0.2) is 24.3 Å². The van der Waals surface area contributed by atoms with E-state index in [0.29, 0.717) is 6.54 Å². The molecule has 2 N–H and O–H groups in total. The molecule has 130 valence electrons. The van der Waals surface area contributed by atoms with Crippen LogP contribution in [0.4, 0.5) is 4.79 Å². The number of nitrogens with one attached hydrogen (secondary N) is 2. The van der Waals surface area contributed by atoms with Crippen LogP contribution in [0, 0.1) is 0 Å². The van der Waals surface area contributed by atoms with Crippen molar-refractivity contribution in [2.24, 2.45) is 0 Å². The van der Waals surface area contributed by atoms with E-state index in [1.54, 1.807) is 7.11 Å². The van der Waals surface area contributed by atoms with Crippen molar-refractivity contribution >= 4 is 6.09 Å². The molecule has 0 aliphatic heterocycles. The lowest BCUT2D eigenvalue weighted by atomic mass is 10.1. The molecule has 1 aromatic rings. The number of carbonyl (C=O) groups excluding carboxylic acids is 1. The number of carbonyl (C=O) groups is 1. The second-order valence-electron chi connectivity index (χ2n) is 6.60. The molecule has 0 saturated carbocycles. The van der Waals surface area contributed by atoms with Crippen molar-refractivity contribution in [3.8, 4) is 5.75 Å². The predicted octanol–water partition coefficient (Wildman–Crippen LogP) is 3.48. The highest BCUT2D eigenvalue weighted by Gasteiger charge is 2.17. The van der Waals surface area contributed by atoms with Gasteiger partial charge in [0.1, 0.15) is 11.4 Å². The molecule has 1 unspecified atom stereocenters. The van der Waals surface area contributed by atoms with Crippen molar-refractivity contribution in [3.05, 3.63) is 29.8 Å². The van der Waals surface area contributed by atoms with Gasteiger partial charge in [0.15, 0.2) is 0 Å². The van der Waals surface area contributed by atoms with Crippen molar-refractivity contribution in [1.29, 1.82) is 0 Å². The third-order valence-electron chi connectivity index (χ3n) is 3.26. The number of ether oxygens (including phenoxy) is 2. The molecule has 1 atom stereocenters. The molecular weight excluding hydrogens is 292 g/mol. The normalized spacial score (nSPS) is 12.6. The number of alkyl carbamates (subject to hydrolysis) is 1. The molecule has 1 amide bonds. The quantitative estimate of drug-likeness (QED) is 0.769. The first-order valence-corrected chi connectivity index (χ1v) is 8.17. The van der Waals surface area contributed by atoms with Gasteiger partial charge in [-0.15, -0.1) is 0 Å². The van der Waals surface area contributed by atoms with E-state index in [1.807, 2.05) is 39.0 Å². The summed E-state index contributed by atoms with van der Waals surface area (Å²) in [7, 11) is 1.66. The zero-order valence-electron chi connectivity index (χ0n) is 14.9. The Balaban J connectivity index is 2.46.